The molecular weight excluding hydrogens is 250 g/mol. The van der Waals surface area contributed by atoms with Crippen molar-refractivity contribution in [3.8, 4) is 0 Å². The van der Waals surface area contributed by atoms with Gasteiger partial charge in [0, 0.05) is 24.7 Å². The molecule has 3 nitrogen and oxygen atoms in total. The van der Waals surface area contributed by atoms with E-state index in [2.05, 4.69) is 6.92 Å². The van der Waals surface area contributed by atoms with Crippen LogP contribution in [0.5, 0.6) is 0 Å². The molecule has 18 heavy (non-hydrogen) atoms. The second kappa shape index (κ2) is 5.72. The Morgan fingerprint density at radius 2 is 2.11 bits per heavy atom. The number of nitrogens with zero attached hydrogens (tertiary/aromatic N) is 1. The minimum Gasteiger partial charge on any atom is -0.380 e. The molecule has 1 aromatic carbocycles. The van der Waals surface area contributed by atoms with Gasteiger partial charge in [-0.25, -0.2) is 0 Å². The van der Waals surface area contributed by atoms with E-state index in [0.717, 1.165) is 12.0 Å². The lowest BCUT2D eigenvalue weighted by atomic mass is 10.1. The lowest BCUT2D eigenvalue weighted by molar-refractivity contribution is -0.131. The number of methoxy groups -OCH3 is 1. The van der Waals surface area contributed by atoms with Crippen LogP contribution in [0.2, 0.25) is 5.02 Å². The van der Waals surface area contributed by atoms with Gasteiger partial charge in [0.1, 0.15) is 0 Å². The Bertz CT molecular complexity index is 418. The van der Waals surface area contributed by atoms with Crippen molar-refractivity contribution in [2.75, 3.05) is 13.7 Å². The maximum Gasteiger partial charge on any atom is 0.227 e. The average molecular weight is 268 g/mol. The summed E-state index contributed by atoms with van der Waals surface area (Å²) in [7, 11) is 1.70. The van der Waals surface area contributed by atoms with Gasteiger partial charge >= 0.3 is 0 Å². The number of likely N-dealkylation sites (tertiary alicyclic amines) is 1. The first-order chi connectivity index (χ1) is 8.60. The predicted molar refractivity (Wildman–Crippen MR) is 71.7 cm³/mol. The van der Waals surface area contributed by atoms with E-state index in [1.165, 1.54) is 0 Å². The number of ether oxygens (including phenoxy) is 1. The number of benzene rings is 1. The van der Waals surface area contributed by atoms with Crippen molar-refractivity contribution in [1.82, 2.24) is 4.90 Å². The summed E-state index contributed by atoms with van der Waals surface area (Å²) in [5.74, 6) is 0.157. The quantitative estimate of drug-likeness (QED) is 0.842. The van der Waals surface area contributed by atoms with Crippen LogP contribution in [0.25, 0.3) is 0 Å². The Morgan fingerprint density at radius 1 is 1.44 bits per heavy atom. The van der Waals surface area contributed by atoms with Gasteiger partial charge in [0.25, 0.3) is 0 Å². The largest absolute Gasteiger partial charge is 0.380 e. The van der Waals surface area contributed by atoms with Gasteiger partial charge in [0.15, 0.2) is 0 Å². The minimum atomic E-state index is 0.157. The molecule has 0 unspecified atom stereocenters. The predicted octanol–water partition coefficient (Wildman–Crippen LogP) is 2.52. The molecule has 1 aliphatic heterocycles. The molecule has 1 aliphatic rings. The summed E-state index contributed by atoms with van der Waals surface area (Å²) >= 11 is 5.82. The van der Waals surface area contributed by atoms with Gasteiger partial charge in [-0.05, 0) is 31.0 Å². The molecule has 2 rings (SSSR count). The molecule has 98 valence electrons. The summed E-state index contributed by atoms with van der Waals surface area (Å²) in [4.78, 5) is 14.1. The maximum absolute atomic E-state index is 12.2. The highest BCUT2D eigenvalue weighted by Crippen LogP contribution is 2.21. The topological polar surface area (TPSA) is 29.5 Å². The van der Waals surface area contributed by atoms with Crippen LogP contribution in [0.15, 0.2) is 24.3 Å². The molecule has 4 heteroatoms. The van der Waals surface area contributed by atoms with Crippen LogP contribution in [0.3, 0.4) is 0 Å². The molecule has 1 saturated heterocycles. The van der Waals surface area contributed by atoms with E-state index in [4.69, 9.17) is 16.3 Å². The third-order valence-electron chi connectivity index (χ3n) is 3.46. The van der Waals surface area contributed by atoms with Crippen LogP contribution in [0, 0.1) is 0 Å². The summed E-state index contributed by atoms with van der Waals surface area (Å²) in [6.45, 7) is 2.77. The minimum absolute atomic E-state index is 0.157. The molecule has 2 atom stereocenters. The van der Waals surface area contributed by atoms with Crippen LogP contribution in [0.1, 0.15) is 18.9 Å². The number of rotatable bonds is 3. The molecular formula is C14H18ClNO2. The van der Waals surface area contributed by atoms with Gasteiger partial charge in [-0.15, -0.1) is 0 Å². The summed E-state index contributed by atoms with van der Waals surface area (Å²) in [6.07, 6.45) is 1.52. The lowest BCUT2D eigenvalue weighted by Crippen LogP contribution is -2.35. The zero-order valence-electron chi connectivity index (χ0n) is 10.7. The number of halogens is 1. The third kappa shape index (κ3) is 3.03. The van der Waals surface area contributed by atoms with Crippen molar-refractivity contribution in [1.29, 1.82) is 0 Å². The average Bonchev–Trinajstić information content (AvgIpc) is 2.73. The zero-order valence-corrected chi connectivity index (χ0v) is 11.5. The van der Waals surface area contributed by atoms with Crippen molar-refractivity contribution in [2.24, 2.45) is 0 Å². The number of hydrogen-bond acceptors (Lipinski definition) is 2. The van der Waals surface area contributed by atoms with Gasteiger partial charge in [-0.1, -0.05) is 23.7 Å². The highest BCUT2D eigenvalue weighted by Gasteiger charge is 2.31. The van der Waals surface area contributed by atoms with Crippen LogP contribution in [-0.4, -0.2) is 36.6 Å². The first-order valence-electron chi connectivity index (χ1n) is 6.17. The molecule has 1 fully saturated rings. The monoisotopic (exact) mass is 267 g/mol. The van der Waals surface area contributed by atoms with Crippen LogP contribution < -0.4 is 0 Å². The second-order valence-corrected chi connectivity index (χ2v) is 5.23. The van der Waals surface area contributed by atoms with Gasteiger partial charge in [0.2, 0.25) is 5.91 Å². The number of hydrogen-bond donors (Lipinski definition) is 0. The molecule has 0 saturated carbocycles. The molecule has 0 N–H and O–H groups in total. The van der Waals surface area contributed by atoms with E-state index in [-0.39, 0.29) is 18.1 Å². The van der Waals surface area contributed by atoms with Gasteiger partial charge in [-0.3, -0.25) is 4.79 Å². The molecule has 1 amide bonds. The van der Waals surface area contributed by atoms with E-state index in [0.29, 0.717) is 18.0 Å². The Hall–Kier alpha value is -1.06. The van der Waals surface area contributed by atoms with Gasteiger partial charge in [-0.2, -0.15) is 0 Å². The highest BCUT2D eigenvalue weighted by atomic mass is 35.5. The third-order valence-corrected chi connectivity index (χ3v) is 3.71. The molecule has 0 aromatic heterocycles. The fraction of sp³-hybridized carbons (Fsp3) is 0.500. The Balaban J connectivity index is 1.98. The normalized spacial score (nSPS) is 23.4. The van der Waals surface area contributed by atoms with E-state index in [1.54, 1.807) is 7.11 Å². The first kappa shape index (κ1) is 13.4. The molecule has 0 aliphatic carbocycles. The van der Waals surface area contributed by atoms with E-state index >= 15 is 0 Å². The maximum atomic E-state index is 12.2. The lowest BCUT2D eigenvalue weighted by Gasteiger charge is -2.21. The smallest absolute Gasteiger partial charge is 0.227 e. The van der Waals surface area contributed by atoms with Crippen molar-refractivity contribution >= 4 is 17.5 Å². The summed E-state index contributed by atoms with van der Waals surface area (Å²) < 4.78 is 5.32. The standard InChI is InChI=1S/C14H18ClNO2/c1-10-7-13(18-2)9-16(10)14(17)8-11-3-5-12(15)6-4-11/h3-6,10,13H,7-9H2,1-2H3/t10-,13+/m0/s1. The fourth-order valence-electron chi connectivity index (χ4n) is 2.38. The first-order valence-corrected chi connectivity index (χ1v) is 6.54. The zero-order chi connectivity index (χ0) is 13.1. The summed E-state index contributed by atoms with van der Waals surface area (Å²) in [5.41, 5.74) is 0.998. The second-order valence-electron chi connectivity index (χ2n) is 4.79. The molecule has 0 spiro atoms. The van der Waals surface area contributed by atoms with Crippen molar-refractivity contribution in [2.45, 2.75) is 31.9 Å². The SMILES string of the molecule is CO[C@@H]1C[C@H](C)N(C(=O)Cc2ccc(Cl)cc2)C1. The fourth-order valence-corrected chi connectivity index (χ4v) is 2.50. The van der Waals surface area contributed by atoms with Crippen LogP contribution in [0.4, 0.5) is 0 Å². The van der Waals surface area contributed by atoms with Crippen LogP contribution in [-0.2, 0) is 16.0 Å². The molecule has 0 bridgehead atoms. The molecule has 1 aromatic rings. The summed E-state index contributed by atoms with van der Waals surface area (Å²) in [5, 5.41) is 0.695. The van der Waals surface area contributed by atoms with Crippen LogP contribution >= 0.6 is 11.6 Å². The van der Waals surface area contributed by atoms with E-state index in [1.807, 2.05) is 29.2 Å². The Kier molecular flexibility index (Phi) is 4.25. The molecule has 0 radical (unpaired) electrons. The van der Waals surface area contributed by atoms with Crippen molar-refractivity contribution in [3.63, 3.8) is 0 Å². The van der Waals surface area contributed by atoms with E-state index in [9.17, 15) is 4.79 Å². The highest BCUT2D eigenvalue weighted by molar-refractivity contribution is 6.30. The van der Waals surface area contributed by atoms with E-state index < -0.39 is 0 Å². The number of carbonyl (C=O) groups is 1. The van der Waals surface area contributed by atoms with Crippen molar-refractivity contribution in [3.05, 3.63) is 34.9 Å². The number of amides is 1. The van der Waals surface area contributed by atoms with Gasteiger partial charge in [0.05, 0.1) is 12.5 Å². The number of carbonyl (C=O) groups excluding carboxylic acids is 1. The Morgan fingerprint density at radius 3 is 2.67 bits per heavy atom. The Labute approximate surface area is 113 Å². The molecule has 1 heterocycles. The summed E-state index contributed by atoms with van der Waals surface area (Å²) in [6, 6.07) is 7.68. The van der Waals surface area contributed by atoms with Gasteiger partial charge < -0.3 is 9.64 Å². The van der Waals surface area contributed by atoms with Crippen molar-refractivity contribution < 1.29 is 9.53 Å².